The Kier molecular flexibility index (Phi) is 3.59. The maximum atomic E-state index is 3.70. The van der Waals surface area contributed by atoms with Crippen LogP contribution in [-0.2, 0) is 0 Å². The van der Waals surface area contributed by atoms with Gasteiger partial charge in [0.25, 0.3) is 0 Å². The van der Waals surface area contributed by atoms with Crippen molar-refractivity contribution in [1.29, 1.82) is 0 Å². The van der Waals surface area contributed by atoms with E-state index in [4.69, 9.17) is 0 Å². The van der Waals surface area contributed by atoms with Crippen LogP contribution >= 0.6 is 0 Å². The first kappa shape index (κ1) is 9.05. The van der Waals surface area contributed by atoms with E-state index in [0.29, 0.717) is 0 Å². The second-order valence-corrected chi connectivity index (χ2v) is 3.05. The molecule has 0 fully saturated rings. The van der Waals surface area contributed by atoms with Crippen molar-refractivity contribution in [3.05, 3.63) is 48.1 Å². The Morgan fingerprint density at radius 3 is 2.92 bits per heavy atom. The first-order chi connectivity index (χ1) is 5.86. The van der Waals surface area contributed by atoms with Gasteiger partial charge in [0.2, 0.25) is 0 Å². The van der Waals surface area contributed by atoms with Gasteiger partial charge in [-0.15, -0.1) is 0 Å². The molecule has 0 saturated heterocycles. The lowest BCUT2D eigenvalue weighted by atomic mass is 9.95. The van der Waals surface area contributed by atoms with Crippen LogP contribution in [0.5, 0.6) is 0 Å². The van der Waals surface area contributed by atoms with Gasteiger partial charge in [0.15, 0.2) is 0 Å². The molecule has 0 aliphatic heterocycles. The molecule has 0 atom stereocenters. The Hall–Kier alpha value is -1.04. The molecule has 0 aromatic heterocycles. The molecule has 1 aliphatic carbocycles. The first-order valence-corrected chi connectivity index (χ1v) is 4.51. The molecule has 0 aromatic carbocycles. The largest absolute Gasteiger partial charge is 0.0991 e. The Morgan fingerprint density at radius 1 is 1.42 bits per heavy atom. The summed E-state index contributed by atoms with van der Waals surface area (Å²) in [6, 6.07) is 0. The molecule has 0 heterocycles. The summed E-state index contributed by atoms with van der Waals surface area (Å²) in [5, 5.41) is 0. The average Bonchev–Trinajstić information content (AvgIpc) is 2.06. The lowest BCUT2D eigenvalue weighted by Gasteiger charge is -2.11. The van der Waals surface area contributed by atoms with Crippen LogP contribution in [0.25, 0.3) is 0 Å². The molecule has 0 radical (unpaired) electrons. The molecular weight excluding hydrogens is 144 g/mol. The van der Waals surface area contributed by atoms with Crippen molar-refractivity contribution in [2.45, 2.75) is 26.2 Å². The standard InChI is InChI=1S/C12H16/c1-3-6-11-8-5-9-12(10-11)7-4-2/h3-4,6-7,10H,1,5,8-9H2,2H3. The lowest BCUT2D eigenvalue weighted by molar-refractivity contribution is 0.797. The highest BCUT2D eigenvalue weighted by Crippen LogP contribution is 2.22. The highest BCUT2D eigenvalue weighted by Gasteiger charge is 2.03. The van der Waals surface area contributed by atoms with E-state index in [1.807, 2.05) is 6.08 Å². The van der Waals surface area contributed by atoms with Gasteiger partial charge < -0.3 is 0 Å². The van der Waals surface area contributed by atoms with Gasteiger partial charge in [-0.2, -0.15) is 0 Å². The van der Waals surface area contributed by atoms with Crippen LogP contribution in [0.4, 0.5) is 0 Å². The van der Waals surface area contributed by atoms with E-state index in [-0.39, 0.29) is 0 Å². The summed E-state index contributed by atoms with van der Waals surface area (Å²) in [5.41, 5.74) is 2.85. The normalized spacial score (nSPS) is 21.4. The van der Waals surface area contributed by atoms with Crippen LogP contribution in [0, 0.1) is 0 Å². The van der Waals surface area contributed by atoms with Crippen LogP contribution in [0.3, 0.4) is 0 Å². The monoisotopic (exact) mass is 160 g/mol. The summed E-state index contributed by atoms with van der Waals surface area (Å²) in [7, 11) is 0. The zero-order chi connectivity index (χ0) is 8.81. The van der Waals surface area contributed by atoms with Gasteiger partial charge in [-0.25, -0.2) is 0 Å². The SMILES string of the molecule is C=CC=C1C=C(C=CC)CCC1. The van der Waals surface area contributed by atoms with Gasteiger partial charge in [-0.05, 0) is 37.3 Å². The average molecular weight is 160 g/mol. The highest BCUT2D eigenvalue weighted by atomic mass is 14.1. The fraction of sp³-hybridized carbons (Fsp3) is 0.333. The first-order valence-electron chi connectivity index (χ1n) is 4.51. The minimum absolute atomic E-state index is 1.20. The van der Waals surface area contributed by atoms with Gasteiger partial charge >= 0.3 is 0 Å². The zero-order valence-corrected chi connectivity index (χ0v) is 7.72. The quantitative estimate of drug-likeness (QED) is 0.576. The maximum Gasteiger partial charge on any atom is -0.0276 e. The second kappa shape index (κ2) is 4.76. The van der Waals surface area contributed by atoms with Crippen LogP contribution < -0.4 is 0 Å². The molecule has 0 spiro atoms. The zero-order valence-electron chi connectivity index (χ0n) is 7.72. The molecule has 0 nitrogen and oxygen atoms in total. The number of rotatable bonds is 2. The molecule has 0 aromatic rings. The number of allylic oxidation sites excluding steroid dienone is 7. The summed E-state index contributed by atoms with van der Waals surface area (Å²) in [6.07, 6.45) is 14.2. The smallest absolute Gasteiger partial charge is 0.0276 e. The van der Waals surface area contributed by atoms with Crippen molar-refractivity contribution in [2.75, 3.05) is 0 Å². The van der Waals surface area contributed by atoms with E-state index in [9.17, 15) is 0 Å². The predicted octanol–water partition coefficient (Wildman–Crippen LogP) is 3.79. The molecule has 64 valence electrons. The van der Waals surface area contributed by atoms with Crippen molar-refractivity contribution in [1.82, 2.24) is 0 Å². The van der Waals surface area contributed by atoms with Crippen LogP contribution in [0.15, 0.2) is 48.1 Å². The van der Waals surface area contributed by atoms with Gasteiger partial charge in [0.05, 0.1) is 0 Å². The molecule has 1 aliphatic rings. The van der Waals surface area contributed by atoms with Gasteiger partial charge in [-0.3, -0.25) is 0 Å². The summed E-state index contributed by atoms with van der Waals surface area (Å²) >= 11 is 0. The molecule has 0 bridgehead atoms. The number of hydrogen-bond donors (Lipinski definition) is 0. The van der Waals surface area contributed by atoms with Crippen molar-refractivity contribution >= 4 is 0 Å². The highest BCUT2D eigenvalue weighted by molar-refractivity contribution is 5.34. The minimum Gasteiger partial charge on any atom is -0.0991 e. The summed E-state index contributed by atoms with van der Waals surface area (Å²) < 4.78 is 0. The molecule has 0 N–H and O–H groups in total. The fourth-order valence-corrected chi connectivity index (χ4v) is 1.51. The van der Waals surface area contributed by atoms with Gasteiger partial charge in [-0.1, -0.05) is 37.0 Å². The molecule has 0 saturated carbocycles. The summed E-state index contributed by atoms with van der Waals surface area (Å²) in [5.74, 6) is 0. The van der Waals surface area contributed by atoms with E-state index < -0.39 is 0 Å². The third-order valence-corrected chi connectivity index (χ3v) is 2.01. The topological polar surface area (TPSA) is 0 Å². The molecule has 0 unspecified atom stereocenters. The molecule has 1 rings (SSSR count). The third-order valence-electron chi connectivity index (χ3n) is 2.01. The van der Waals surface area contributed by atoms with Crippen LogP contribution in [0.2, 0.25) is 0 Å². The van der Waals surface area contributed by atoms with Crippen LogP contribution in [-0.4, -0.2) is 0 Å². The third kappa shape index (κ3) is 2.54. The fourth-order valence-electron chi connectivity index (χ4n) is 1.51. The predicted molar refractivity (Wildman–Crippen MR) is 55.0 cm³/mol. The summed E-state index contributed by atoms with van der Waals surface area (Å²) in [4.78, 5) is 0. The summed E-state index contributed by atoms with van der Waals surface area (Å²) in [6.45, 7) is 5.76. The Bertz CT molecular complexity index is 239. The Labute approximate surface area is 75.0 Å². The number of hydrogen-bond acceptors (Lipinski definition) is 0. The van der Waals surface area contributed by atoms with Crippen molar-refractivity contribution < 1.29 is 0 Å². The lowest BCUT2D eigenvalue weighted by Crippen LogP contribution is -1.91. The molecule has 12 heavy (non-hydrogen) atoms. The second-order valence-electron chi connectivity index (χ2n) is 3.05. The molecule has 0 amide bonds. The van der Waals surface area contributed by atoms with E-state index in [1.54, 1.807) is 0 Å². The van der Waals surface area contributed by atoms with E-state index in [0.717, 1.165) is 0 Å². The Balaban J connectivity index is 2.76. The molecule has 0 heteroatoms. The van der Waals surface area contributed by atoms with Crippen molar-refractivity contribution in [3.63, 3.8) is 0 Å². The minimum atomic E-state index is 1.20. The van der Waals surface area contributed by atoms with Crippen molar-refractivity contribution in [2.24, 2.45) is 0 Å². The van der Waals surface area contributed by atoms with Crippen molar-refractivity contribution in [3.8, 4) is 0 Å². The van der Waals surface area contributed by atoms with E-state index in [2.05, 4.69) is 37.8 Å². The molecular formula is C12H16. The van der Waals surface area contributed by atoms with Gasteiger partial charge in [0.1, 0.15) is 0 Å². The van der Waals surface area contributed by atoms with Gasteiger partial charge in [0, 0.05) is 0 Å². The maximum absolute atomic E-state index is 3.70. The van der Waals surface area contributed by atoms with E-state index >= 15 is 0 Å². The van der Waals surface area contributed by atoms with E-state index in [1.165, 1.54) is 30.4 Å². The Morgan fingerprint density at radius 2 is 2.25 bits per heavy atom. The van der Waals surface area contributed by atoms with Crippen LogP contribution in [0.1, 0.15) is 26.2 Å².